The Balaban J connectivity index is 1.76. The molecule has 2 aromatic rings. The molecule has 1 atom stereocenters. The Morgan fingerprint density at radius 1 is 1.11 bits per heavy atom. The van der Waals surface area contributed by atoms with Crippen molar-refractivity contribution < 1.29 is 0 Å². The van der Waals surface area contributed by atoms with Gasteiger partial charge in [-0.05, 0) is 42.9 Å². The molecule has 0 amide bonds. The highest BCUT2D eigenvalue weighted by atomic mass is 35.5. The molecule has 1 nitrogen and oxygen atoms in total. The van der Waals surface area contributed by atoms with E-state index in [0.29, 0.717) is 5.02 Å². The third kappa shape index (κ3) is 4.85. The normalized spacial score (nSPS) is 12.3. The summed E-state index contributed by atoms with van der Waals surface area (Å²) in [5.74, 6) is 0. The average Bonchev–Trinajstić information content (AvgIpc) is 2.43. The zero-order chi connectivity index (χ0) is 13.5. The van der Waals surface area contributed by atoms with Gasteiger partial charge in [-0.2, -0.15) is 0 Å². The Kier molecular flexibility index (Phi) is 5.68. The van der Waals surface area contributed by atoms with Crippen molar-refractivity contribution >= 4 is 23.2 Å². The van der Waals surface area contributed by atoms with Crippen molar-refractivity contribution in [3.63, 3.8) is 0 Å². The van der Waals surface area contributed by atoms with Crippen molar-refractivity contribution in [3.8, 4) is 0 Å². The molecule has 1 aromatic carbocycles. The summed E-state index contributed by atoms with van der Waals surface area (Å²) in [6.45, 7) is 0. The molecule has 2 rings (SSSR count). The van der Waals surface area contributed by atoms with Crippen LogP contribution in [0.1, 0.15) is 24.0 Å². The van der Waals surface area contributed by atoms with Crippen LogP contribution in [0, 0.1) is 0 Å². The number of halogens is 2. The number of hydrogen-bond acceptors (Lipinski definition) is 1. The molecule has 0 N–H and O–H groups in total. The van der Waals surface area contributed by atoms with Crippen LogP contribution in [-0.4, -0.2) is 10.4 Å². The van der Waals surface area contributed by atoms with E-state index >= 15 is 0 Å². The number of benzene rings is 1. The summed E-state index contributed by atoms with van der Waals surface area (Å²) in [7, 11) is 0. The SMILES string of the molecule is Clc1cnccc1CC(Cl)CCCc1ccccc1. The summed E-state index contributed by atoms with van der Waals surface area (Å²) in [4.78, 5) is 3.98. The lowest BCUT2D eigenvalue weighted by atomic mass is 10.0. The zero-order valence-electron chi connectivity index (χ0n) is 10.7. The summed E-state index contributed by atoms with van der Waals surface area (Å²) < 4.78 is 0. The zero-order valence-corrected chi connectivity index (χ0v) is 12.2. The number of alkyl halides is 1. The third-order valence-corrected chi connectivity index (χ3v) is 3.84. The van der Waals surface area contributed by atoms with Crippen molar-refractivity contribution in [1.82, 2.24) is 4.98 Å². The number of nitrogens with zero attached hydrogens (tertiary/aromatic N) is 1. The van der Waals surface area contributed by atoms with Gasteiger partial charge in [0.1, 0.15) is 0 Å². The Hall–Kier alpha value is -1.05. The number of aromatic nitrogens is 1. The van der Waals surface area contributed by atoms with Crippen molar-refractivity contribution in [2.45, 2.75) is 31.1 Å². The second-order valence-corrected chi connectivity index (χ2v) is 5.67. The maximum atomic E-state index is 6.37. The topological polar surface area (TPSA) is 12.9 Å². The van der Waals surface area contributed by atoms with Gasteiger partial charge in [-0.15, -0.1) is 11.6 Å². The van der Waals surface area contributed by atoms with Gasteiger partial charge in [-0.3, -0.25) is 4.98 Å². The molecule has 0 radical (unpaired) electrons. The highest BCUT2D eigenvalue weighted by Crippen LogP contribution is 2.20. The molecule has 19 heavy (non-hydrogen) atoms. The van der Waals surface area contributed by atoms with Crippen molar-refractivity contribution in [2.24, 2.45) is 0 Å². The molecule has 1 aromatic heterocycles. The maximum Gasteiger partial charge on any atom is 0.0621 e. The first kappa shape index (κ1) is 14.4. The Morgan fingerprint density at radius 3 is 2.63 bits per heavy atom. The van der Waals surface area contributed by atoms with E-state index in [4.69, 9.17) is 23.2 Å². The molecule has 3 heteroatoms. The highest BCUT2D eigenvalue weighted by Gasteiger charge is 2.08. The van der Waals surface area contributed by atoms with Crippen LogP contribution in [0.25, 0.3) is 0 Å². The average molecular weight is 294 g/mol. The second kappa shape index (κ2) is 7.52. The van der Waals surface area contributed by atoms with E-state index in [0.717, 1.165) is 31.2 Å². The standard InChI is InChI=1S/C16H17Cl2N/c17-15(11-14-9-10-19-12-16(14)18)8-4-7-13-5-2-1-3-6-13/h1-3,5-6,9-10,12,15H,4,7-8,11H2. The van der Waals surface area contributed by atoms with Gasteiger partial charge in [0, 0.05) is 17.8 Å². The Labute approximate surface area is 124 Å². The first-order valence-corrected chi connectivity index (χ1v) is 7.33. The van der Waals surface area contributed by atoms with Crippen molar-refractivity contribution in [1.29, 1.82) is 0 Å². The van der Waals surface area contributed by atoms with Gasteiger partial charge in [0.05, 0.1) is 5.02 Å². The first-order chi connectivity index (χ1) is 9.25. The molecule has 0 aliphatic rings. The molecule has 1 unspecified atom stereocenters. The van der Waals surface area contributed by atoms with Gasteiger partial charge in [0.2, 0.25) is 0 Å². The number of hydrogen-bond donors (Lipinski definition) is 0. The molecule has 0 aliphatic heterocycles. The largest absolute Gasteiger partial charge is 0.263 e. The highest BCUT2D eigenvalue weighted by molar-refractivity contribution is 6.31. The molecule has 100 valence electrons. The molecular formula is C16H17Cl2N. The summed E-state index contributed by atoms with van der Waals surface area (Å²) >= 11 is 12.5. The minimum absolute atomic E-state index is 0.128. The molecule has 0 fully saturated rings. The molecule has 0 saturated carbocycles. The van der Waals surface area contributed by atoms with Crippen LogP contribution in [-0.2, 0) is 12.8 Å². The number of pyridine rings is 1. The number of aryl methyl sites for hydroxylation is 1. The van der Waals surface area contributed by atoms with Crippen LogP contribution in [0.2, 0.25) is 5.02 Å². The van der Waals surface area contributed by atoms with Gasteiger partial charge >= 0.3 is 0 Å². The van der Waals surface area contributed by atoms with E-state index in [1.165, 1.54) is 5.56 Å². The summed E-state index contributed by atoms with van der Waals surface area (Å²) in [6, 6.07) is 12.4. The van der Waals surface area contributed by atoms with Crippen LogP contribution < -0.4 is 0 Å². The van der Waals surface area contributed by atoms with Gasteiger partial charge in [0.25, 0.3) is 0 Å². The van der Waals surface area contributed by atoms with Gasteiger partial charge in [0.15, 0.2) is 0 Å². The van der Waals surface area contributed by atoms with Crippen LogP contribution in [0.4, 0.5) is 0 Å². The second-order valence-electron chi connectivity index (χ2n) is 4.65. The molecule has 0 saturated heterocycles. The number of rotatable bonds is 6. The summed E-state index contributed by atoms with van der Waals surface area (Å²) in [5.41, 5.74) is 2.45. The van der Waals surface area contributed by atoms with Crippen molar-refractivity contribution in [3.05, 3.63) is 64.9 Å². The molecule has 0 bridgehead atoms. The van der Waals surface area contributed by atoms with E-state index in [-0.39, 0.29) is 5.38 Å². The fourth-order valence-corrected chi connectivity index (χ4v) is 2.60. The van der Waals surface area contributed by atoms with Crippen LogP contribution >= 0.6 is 23.2 Å². The minimum atomic E-state index is 0.128. The molecule has 0 aliphatic carbocycles. The fourth-order valence-electron chi connectivity index (χ4n) is 2.08. The predicted octanol–water partition coefficient (Wildman–Crippen LogP) is 4.91. The Morgan fingerprint density at radius 2 is 1.89 bits per heavy atom. The lowest BCUT2D eigenvalue weighted by Gasteiger charge is -2.10. The van der Waals surface area contributed by atoms with E-state index in [1.807, 2.05) is 12.1 Å². The first-order valence-electron chi connectivity index (χ1n) is 6.52. The predicted molar refractivity (Wildman–Crippen MR) is 82.0 cm³/mol. The Bertz CT molecular complexity index is 499. The maximum absolute atomic E-state index is 6.37. The summed E-state index contributed by atoms with van der Waals surface area (Å²) in [6.07, 6.45) is 7.40. The molecule has 0 spiro atoms. The monoisotopic (exact) mass is 293 g/mol. The summed E-state index contributed by atoms with van der Waals surface area (Å²) in [5, 5.41) is 0.833. The van der Waals surface area contributed by atoms with Gasteiger partial charge in [-0.1, -0.05) is 41.9 Å². The van der Waals surface area contributed by atoms with E-state index in [2.05, 4.69) is 29.2 Å². The smallest absolute Gasteiger partial charge is 0.0621 e. The van der Waals surface area contributed by atoms with Crippen LogP contribution in [0.3, 0.4) is 0 Å². The van der Waals surface area contributed by atoms with E-state index in [1.54, 1.807) is 12.4 Å². The van der Waals surface area contributed by atoms with Crippen LogP contribution in [0.15, 0.2) is 48.8 Å². The molecule has 1 heterocycles. The van der Waals surface area contributed by atoms with Gasteiger partial charge < -0.3 is 0 Å². The van der Waals surface area contributed by atoms with Gasteiger partial charge in [-0.25, -0.2) is 0 Å². The fraction of sp³-hybridized carbons (Fsp3) is 0.312. The van der Waals surface area contributed by atoms with Crippen molar-refractivity contribution in [2.75, 3.05) is 0 Å². The van der Waals surface area contributed by atoms with Crippen LogP contribution in [0.5, 0.6) is 0 Å². The van der Waals surface area contributed by atoms with E-state index in [9.17, 15) is 0 Å². The lowest BCUT2D eigenvalue weighted by molar-refractivity contribution is 0.686. The third-order valence-electron chi connectivity index (χ3n) is 3.12. The molecular weight excluding hydrogens is 277 g/mol. The minimum Gasteiger partial charge on any atom is -0.263 e. The van der Waals surface area contributed by atoms with E-state index < -0.39 is 0 Å². The quantitative estimate of drug-likeness (QED) is 0.690. The lowest BCUT2D eigenvalue weighted by Crippen LogP contribution is -2.04.